The van der Waals surface area contributed by atoms with Gasteiger partial charge < -0.3 is 5.32 Å². The van der Waals surface area contributed by atoms with Crippen LogP contribution in [0.15, 0.2) is 42.5 Å². The third-order valence-corrected chi connectivity index (χ3v) is 2.12. The number of benzene rings is 1. The zero-order valence-corrected chi connectivity index (χ0v) is 8.58. The standard InChI is InChI=1S/C12H15NO/c1-9(2)10(3)13-12(14)11-7-5-4-6-8-11/h4-8,10H,1H2,2-3H3,(H,13,14). The topological polar surface area (TPSA) is 29.1 Å². The SMILES string of the molecule is C=C(C)C(C)NC(=O)c1ccccc1. The maximum atomic E-state index is 11.6. The van der Waals surface area contributed by atoms with Crippen molar-refractivity contribution in [2.75, 3.05) is 0 Å². The lowest BCUT2D eigenvalue weighted by Gasteiger charge is -2.13. The van der Waals surface area contributed by atoms with Crippen molar-refractivity contribution in [2.24, 2.45) is 0 Å². The van der Waals surface area contributed by atoms with E-state index in [1.165, 1.54) is 0 Å². The molecule has 0 heterocycles. The number of amides is 1. The van der Waals surface area contributed by atoms with Gasteiger partial charge >= 0.3 is 0 Å². The van der Waals surface area contributed by atoms with Crippen molar-refractivity contribution in [2.45, 2.75) is 19.9 Å². The Balaban J connectivity index is 2.64. The minimum absolute atomic E-state index is 0.0164. The third-order valence-electron chi connectivity index (χ3n) is 2.12. The first-order chi connectivity index (χ1) is 6.61. The van der Waals surface area contributed by atoms with Crippen LogP contribution in [-0.4, -0.2) is 11.9 Å². The fraction of sp³-hybridized carbons (Fsp3) is 0.250. The smallest absolute Gasteiger partial charge is 0.251 e. The van der Waals surface area contributed by atoms with Crippen molar-refractivity contribution in [3.8, 4) is 0 Å². The van der Waals surface area contributed by atoms with Gasteiger partial charge in [0.15, 0.2) is 0 Å². The molecule has 2 heteroatoms. The first-order valence-corrected chi connectivity index (χ1v) is 4.62. The minimum Gasteiger partial charge on any atom is -0.346 e. The predicted octanol–water partition coefficient (Wildman–Crippen LogP) is 2.38. The van der Waals surface area contributed by atoms with Crippen LogP contribution in [0.25, 0.3) is 0 Å². The second-order valence-electron chi connectivity index (χ2n) is 3.41. The van der Waals surface area contributed by atoms with E-state index in [2.05, 4.69) is 11.9 Å². The molecule has 0 saturated heterocycles. The molecule has 0 spiro atoms. The van der Waals surface area contributed by atoms with E-state index in [1.54, 1.807) is 12.1 Å². The summed E-state index contributed by atoms with van der Waals surface area (Å²) in [6, 6.07) is 9.18. The zero-order valence-electron chi connectivity index (χ0n) is 8.58. The first kappa shape index (κ1) is 10.5. The molecule has 0 aliphatic carbocycles. The molecule has 0 aliphatic rings. The summed E-state index contributed by atoms with van der Waals surface area (Å²) in [4.78, 5) is 11.6. The Labute approximate surface area is 84.6 Å². The second kappa shape index (κ2) is 4.61. The number of hydrogen-bond donors (Lipinski definition) is 1. The highest BCUT2D eigenvalue weighted by Gasteiger charge is 2.08. The molecule has 14 heavy (non-hydrogen) atoms. The van der Waals surface area contributed by atoms with Crippen molar-refractivity contribution in [1.29, 1.82) is 0 Å². The Morgan fingerprint density at radius 1 is 1.36 bits per heavy atom. The summed E-state index contributed by atoms with van der Waals surface area (Å²) in [5, 5.41) is 2.86. The highest BCUT2D eigenvalue weighted by atomic mass is 16.1. The molecule has 1 N–H and O–H groups in total. The van der Waals surface area contributed by atoms with Crippen LogP contribution >= 0.6 is 0 Å². The summed E-state index contributed by atoms with van der Waals surface area (Å²) in [6.07, 6.45) is 0. The fourth-order valence-electron chi connectivity index (χ4n) is 0.993. The second-order valence-corrected chi connectivity index (χ2v) is 3.41. The van der Waals surface area contributed by atoms with Crippen LogP contribution in [-0.2, 0) is 0 Å². The maximum absolute atomic E-state index is 11.6. The molecule has 1 rings (SSSR count). The number of nitrogens with one attached hydrogen (secondary N) is 1. The zero-order chi connectivity index (χ0) is 10.6. The van der Waals surface area contributed by atoms with Crippen LogP contribution in [0.3, 0.4) is 0 Å². The van der Waals surface area contributed by atoms with Gasteiger partial charge in [0.25, 0.3) is 5.91 Å². The molecule has 0 aliphatic heterocycles. The normalized spacial score (nSPS) is 11.9. The van der Waals surface area contributed by atoms with Crippen LogP contribution in [0.1, 0.15) is 24.2 Å². The number of hydrogen-bond acceptors (Lipinski definition) is 1. The molecule has 1 aromatic carbocycles. The summed E-state index contributed by atoms with van der Waals surface area (Å²) >= 11 is 0. The molecule has 0 aromatic heterocycles. The molecule has 0 radical (unpaired) electrons. The molecule has 0 saturated carbocycles. The number of carbonyl (C=O) groups is 1. The Bertz CT molecular complexity index is 329. The molecular formula is C12H15NO. The summed E-state index contributed by atoms with van der Waals surface area (Å²) in [7, 11) is 0. The fourth-order valence-corrected chi connectivity index (χ4v) is 0.993. The van der Waals surface area contributed by atoms with Crippen molar-refractivity contribution in [3.05, 3.63) is 48.0 Å². The van der Waals surface area contributed by atoms with Crippen molar-refractivity contribution in [3.63, 3.8) is 0 Å². The van der Waals surface area contributed by atoms with E-state index in [9.17, 15) is 4.79 Å². The van der Waals surface area contributed by atoms with Gasteiger partial charge in [0, 0.05) is 11.6 Å². The van der Waals surface area contributed by atoms with Gasteiger partial charge in [-0.15, -0.1) is 0 Å². The molecule has 0 fully saturated rings. The Hall–Kier alpha value is -1.57. The van der Waals surface area contributed by atoms with Gasteiger partial charge in [-0.2, -0.15) is 0 Å². The van der Waals surface area contributed by atoms with Gasteiger partial charge in [0.05, 0.1) is 0 Å². The minimum atomic E-state index is -0.0545. The average molecular weight is 189 g/mol. The predicted molar refractivity (Wildman–Crippen MR) is 58.2 cm³/mol. The van der Waals surface area contributed by atoms with Gasteiger partial charge in [-0.1, -0.05) is 30.4 Å². The van der Waals surface area contributed by atoms with E-state index in [1.807, 2.05) is 32.0 Å². The van der Waals surface area contributed by atoms with Crippen LogP contribution in [0.5, 0.6) is 0 Å². The highest BCUT2D eigenvalue weighted by Crippen LogP contribution is 2.01. The lowest BCUT2D eigenvalue weighted by molar-refractivity contribution is 0.0945. The van der Waals surface area contributed by atoms with Gasteiger partial charge in [-0.25, -0.2) is 0 Å². The van der Waals surface area contributed by atoms with Crippen molar-refractivity contribution in [1.82, 2.24) is 5.32 Å². The highest BCUT2D eigenvalue weighted by molar-refractivity contribution is 5.94. The molecule has 1 amide bonds. The Morgan fingerprint density at radius 2 is 1.93 bits per heavy atom. The molecule has 0 bridgehead atoms. The van der Waals surface area contributed by atoms with E-state index >= 15 is 0 Å². The van der Waals surface area contributed by atoms with Gasteiger partial charge in [-0.05, 0) is 26.0 Å². The van der Waals surface area contributed by atoms with Crippen LogP contribution in [0.2, 0.25) is 0 Å². The van der Waals surface area contributed by atoms with Gasteiger partial charge in [0.1, 0.15) is 0 Å². The van der Waals surface area contributed by atoms with Gasteiger partial charge in [0.2, 0.25) is 0 Å². The molecule has 1 unspecified atom stereocenters. The van der Waals surface area contributed by atoms with Crippen LogP contribution in [0, 0.1) is 0 Å². The first-order valence-electron chi connectivity index (χ1n) is 4.62. The lowest BCUT2D eigenvalue weighted by atomic mass is 10.1. The number of rotatable bonds is 3. The Morgan fingerprint density at radius 3 is 2.43 bits per heavy atom. The summed E-state index contributed by atoms with van der Waals surface area (Å²) in [5.41, 5.74) is 1.63. The van der Waals surface area contributed by atoms with E-state index in [0.717, 1.165) is 5.57 Å². The molecule has 1 atom stereocenters. The molecule has 2 nitrogen and oxygen atoms in total. The summed E-state index contributed by atoms with van der Waals surface area (Å²) in [6.45, 7) is 7.61. The van der Waals surface area contributed by atoms with Gasteiger partial charge in [-0.3, -0.25) is 4.79 Å². The van der Waals surface area contributed by atoms with E-state index in [4.69, 9.17) is 0 Å². The largest absolute Gasteiger partial charge is 0.346 e. The van der Waals surface area contributed by atoms with E-state index in [0.29, 0.717) is 5.56 Å². The van der Waals surface area contributed by atoms with Crippen molar-refractivity contribution < 1.29 is 4.79 Å². The van der Waals surface area contributed by atoms with Crippen LogP contribution < -0.4 is 5.32 Å². The average Bonchev–Trinajstić information content (AvgIpc) is 2.19. The lowest BCUT2D eigenvalue weighted by Crippen LogP contribution is -2.32. The number of carbonyl (C=O) groups excluding carboxylic acids is 1. The maximum Gasteiger partial charge on any atom is 0.251 e. The summed E-state index contributed by atoms with van der Waals surface area (Å²) < 4.78 is 0. The summed E-state index contributed by atoms with van der Waals surface area (Å²) in [5.74, 6) is -0.0545. The Kier molecular flexibility index (Phi) is 3.46. The quantitative estimate of drug-likeness (QED) is 0.727. The van der Waals surface area contributed by atoms with Crippen molar-refractivity contribution >= 4 is 5.91 Å². The van der Waals surface area contributed by atoms with E-state index in [-0.39, 0.29) is 11.9 Å². The monoisotopic (exact) mass is 189 g/mol. The third kappa shape index (κ3) is 2.73. The molecular weight excluding hydrogens is 174 g/mol. The van der Waals surface area contributed by atoms with E-state index < -0.39 is 0 Å². The molecule has 74 valence electrons. The molecule has 1 aromatic rings. The van der Waals surface area contributed by atoms with Crippen LogP contribution in [0.4, 0.5) is 0 Å².